The molecule has 27 heavy (non-hydrogen) atoms. The van der Waals surface area contributed by atoms with Crippen molar-refractivity contribution in [1.29, 1.82) is 5.26 Å². The third kappa shape index (κ3) is 3.82. The summed E-state index contributed by atoms with van der Waals surface area (Å²) in [6.07, 6.45) is -3.24. The molecule has 1 amide bonds. The van der Waals surface area contributed by atoms with Gasteiger partial charge in [-0.1, -0.05) is 13.8 Å². The van der Waals surface area contributed by atoms with Crippen LogP contribution in [-0.4, -0.2) is 16.6 Å². The molecule has 8 heteroatoms. The van der Waals surface area contributed by atoms with Crippen LogP contribution in [0.25, 0.3) is 0 Å². The monoisotopic (exact) mass is 372 g/mol. The van der Waals surface area contributed by atoms with Gasteiger partial charge in [0.1, 0.15) is 11.8 Å². The fraction of sp³-hybridized carbons (Fsp3) is 0.263. The first-order valence-corrected chi connectivity index (χ1v) is 8.18. The topological polar surface area (TPSA) is 78.1 Å². The number of alkyl halides is 3. The van der Waals surface area contributed by atoms with Gasteiger partial charge in [0.05, 0.1) is 29.1 Å². The zero-order valence-electron chi connectivity index (χ0n) is 14.6. The molecule has 0 radical (unpaired) electrons. The standard InChI is InChI=1S/C19H15F3N4O/c1-10(2)13-6-16-17(7-14(13)19(20,21)22)26-18(27)8-15(25-16)11-3-4-24-12(5-11)9-23/h3-7,10H,8H2,1-2H3,(H,26,27). The van der Waals surface area contributed by atoms with Crippen molar-refractivity contribution in [2.45, 2.75) is 32.4 Å². The number of halogens is 3. The Labute approximate surface area is 153 Å². The quantitative estimate of drug-likeness (QED) is 0.839. The fourth-order valence-electron chi connectivity index (χ4n) is 2.89. The third-order valence-corrected chi connectivity index (χ3v) is 4.16. The predicted octanol–water partition coefficient (Wildman–Crippen LogP) is 4.56. The summed E-state index contributed by atoms with van der Waals surface area (Å²) in [6, 6.07) is 7.30. The number of fused-ring (bicyclic) bond motifs is 1. The first-order valence-electron chi connectivity index (χ1n) is 8.18. The lowest BCUT2D eigenvalue weighted by atomic mass is 9.95. The van der Waals surface area contributed by atoms with Crippen molar-refractivity contribution in [2.75, 3.05) is 5.32 Å². The van der Waals surface area contributed by atoms with Gasteiger partial charge in [-0.05, 0) is 35.7 Å². The summed E-state index contributed by atoms with van der Waals surface area (Å²) in [4.78, 5) is 20.5. The van der Waals surface area contributed by atoms with Crippen molar-refractivity contribution in [3.63, 3.8) is 0 Å². The highest BCUT2D eigenvalue weighted by Crippen LogP contribution is 2.41. The molecule has 0 bridgehead atoms. The molecule has 0 saturated carbocycles. The number of carbonyl (C=O) groups is 1. The van der Waals surface area contributed by atoms with E-state index >= 15 is 0 Å². The molecule has 0 saturated heterocycles. The van der Waals surface area contributed by atoms with E-state index in [-0.39, 0.29) is 35.0 Å². The van der Waals surface area contributed by atoms with E-state index in [1.54, 1.807) is 19.9 Å². The summed E-state index contributed by atoms with van der Waals surface area (Å²) in [5.74, 6) is -0.858. The van der Waals surface area contributed by atoms with Gasteiger partial charge in [-0.3, -0.25) is 9.79 Å². The first-order chi connectivity index (χ1) is 12.7. The van der Waals surface area contributed by atoms with Crippen LogP contribution in [0.1, 0.15) is 48.6 Å². The van der Waals surface area contributed by atoms with Crippen molar-refractivity contribution in [2.24, 2.45) is 4.99 Å². The molecule has 1 aliphatic rings. The Morgan fingerprint density at radius 3 is 2.63 bits per heavy atom. The maximum atomic E-state index is 13.4. The number of amides is 1. The Balaban J connectivity index is 2.20. The van der Waals surface area contributed by atoms with Crippen LogP contribution in [0.2, 0.25) is 0 Å². The molecular formula is C19H15F3N4O. The molecule has 5 nitrogen and oxygen atoms in total. The van der Waals surface area contributed by atoms with Gasteiger partial charge in [-0.15, -0.1) is 0 Å². The van der Waals surface area contributed by atoms with Crippen molar-refractivity contribution in [1.82, 2.24) is 4.98 Å². The highest BCUT2D eigenvalue weighted by molar-refractivity contribution is 6.17. The van der Waals surface area contributed by atoms with Crippen LogP contribution in [-0.2, 0) is 11.0 Å². The second-order valence-electron chi connectivity index (χ2n) is 6.43. The Hall–Kier alpha value is -3.21. The number of nitriles is 1. The van der Waals surface area contributed by atoms with Gasteiger partial charge in [0.15, 0.2) is 0 Å². The summed E-state index contributed by atoms with van der Waals surface area (Å²) in [5.41, 5.74) is 0.633. The predicted molar refractivity (Wildman–Crippen MR) is 93.9 cm³/mol. The second kappa shape index (κ2) is 6.83. The van der Waals surface area contributed by atoms with E-state index in [1.165, 1.54) is 18.3 Å². The number of aromatic nitrogens is 1. The summed E-state index contributed by atoms with van der Waals surface area (Å²) in [6.45, 7) is 3.33. The zero-order chi connectivity index (χ0) is 19.8. The Morgan fingerprint density at radius 2 is 2.00 bits per heavy atom. The lowest BCUT2D eigenvalue weighted by molar-refractivity contribution is -0.138. The van der Waals surface area contributed by atoms with E-state index < -0.39 is 17.6 Å². The highest BCUT2D eigenvalue weighted by atomic mass is 19.4. The van der Waals surface area contributed by atoms with Crippen LogP contribution in [0.3, 0.4) is 0 Å². The van der Waals surface area contributed by atoms with Crippen LogP contribution in [0, 0.1) is 11.3 Å². The van der Waals surface area contributed by atoms with Crippen LogP contribution in [0.4, 0.5) is 24.5 Å². The number of hydrogen-bond acceptors (Lipinski definition) is 4. The van der Waals surface area contributed by atoms with Gasteiger partial charge in [0.2, 0.25) is 5.91 Å². The average Bonchev–Trinajstić information content (AvgIpc) is 2.77. The summed E-state index contributed by atoms with van der Waals surface area (Å²) in [5, 5.41) is 11.5. The molecule has 3 rings (SSSR count). The Bertz CT molecular complexity index is 987. The first kappa shape index (κ1) is 18.6. The number of pyridine rings is 1. The average molecular weight is 372 g/mol. The number of anilines is 1. The van der Waals surface area contributed by atoms with Crippen LogP contribution in [0.15, 0.2) is 35.5 Å². The molecular weight excluding hydrogens is 357 g/mol. The molecule has 138 valence electrons. The molecule has 2 aromatic rings. The van der Waals surface area contributed by atoms with Crippen LogP contribution >= 0.6 is 0 Å². The van der Waals surface area contributed by atoms with Crippen molar-refractivity contribution >= 4 is 23.0 Å². The van der Waals surface area contributed by atoms with Gasteiger partial charge in [-0.2, -0.15) is 18.4 Å². The lowest BCUT2D eigenvalue weighted by Crippen LogP contribution is -2.16. The molecule has 1 aromatic heterocycles. The maximum absolute atomic E-state index is 13.4. The second-order valence-corrected chi connectivity index (χ2v) is 6.43. The normalized spacial score (nSPS) is 14.1. The molecule has 1 N–H and O–H groups in total. The number of nitrogens with one attached hydrogen (secondary N) is 1. The largest absolute Gasteiger partial charge is 0.416 e. The van der Waals surface area contributed by atoms with E-state index in [2.05, 4.69) is 15.3 Å². The van der Waals surface area contributed by atoms with E-state index in [4.69, 9.17) is 5.26 Å². The number of aliphatic imine (C=N–C) groups is 1. The Morgan fingerprint density at radius 1 is 1.26 bits per heavy atom. The van der Waals surface area contributed by atoms with Gasteiger partial charge in [0.25, 0.3) is 0 Å². The zero-order valence-corrected chi connectivity index (χ0v) is 14.6. The highest BCUT2D eigenvalue weighted by Gasteiger charge is 2.35. The maximum Gasteiger partial charge on any atom is 0.416 e. The van der Waals surface area contributed by atoms with E-state index in [1.807, 2.05) is 6.07 Å². The number of hydrogen-bond donors (Lipinski definition) is 1. The molecule has 1 aromatic carbocycles. The number of carbonyl (C=O) groups excluding carboxylic acids is 1. The van der Waals surface area contributed by atoms with Crippen molar-refractivity contribution < 1.29 is 18.0 Å². The Kier molecular flexibility index (Phi) is 4.70. The SMILES string of the molecule is CC(C)c1cc2c(cc1C(F)(F)F)NC(=O)CC(c1ccnc(C#N)c1)=N2. The molecule has 2 heterocycles. The number of rotatable bonds is 2. The van der Waals surface area contributed by atoms with Crippen LogP contribution < -0.4 is 5.32 Å². The minimum Gasteiger partial charge on any atom is -0.324 e. The summed E-state index contributed by atoms with van der Waals surface area (Å²) < 4.78 is 40.2. The molecule has 0 aliphatic carbocycles. The van der Waals surface area contributed by atoms with Gasteiger partial charge < -0.3 is 5.32 Å². The number of benzene rings is 1. The third-order valence-electron chi connectivity index (χ3n) is 4.16. The van der Waals surface area contributed by atoms with Gasteiger partial charge in [-0.25, -0.2) is 4.98 Å². The van der Waals surface area contributed by atoms with Crippen molar-refractivity contribution in [3.05, 3.63) is 52.8 Å². The summed E-state index contributed by atoms with van der Waals surface area (Å²) in [7, 11) is 0. The molecule has 0 atom stereocenters. The number of nitrogens with zero attached hydrogens (tertiary/aromatic N) is 3. The van der Waals surface area contributed by atoms with E-state index in [9.17, 15) is 18.0 Å². The lowest BCUT2D eigenvalue weighted by Gasteiger charge is -2.18. The van der Waals surface area contributed by atoms with Crippen molar-refractivity contribution in [3.8, 4) is 6.07 Å². The molecule has 0 fully saturated rings. The van der Waals surface area contributed by atoms with Gasteiger partial charge in [0, 0.05) is 11.8 Å². The smallest absolute Gasteiger partial charge is 0.324 e. The molecule has 1 aliphatic heterocycles. The van der Waals surface area contributed by atoms with Gasteiger partial charge >= 0.3 is 6.18 Å². The van der Waals surface area contributed by atoms with E-state index in [0.29, 0.717) is 11.3 Å². The minimum atomic E-state index is -4.54. The molecule has 0 spiro atoms. The minimum absolute atomic E-state index is 0.0151. The fourth-order valence-corrected chi connectivity index (χ4v) is 2.89. The summed E-state index contributed by atoms with van der Waals surface area (Å²) >= 11 is 0. The van der Waals surface area contributed by atoms with Crippen LogP contribution in [0.5, 0.6) is 0 Å². The molecule has 0 unspecified atom stereocenters. The van der Waals surface area contributed by atoms with E-state index in [0.717, 1.165) is 6.07 Å².